The minimum absolute atomic E-state index is 0.0582. The second-order valence-electron chi connectivity index (χ2n) is 6.06. The number of benzene rings is 2. The zero-order valence-electron chi connectivity index (χ0n) is 15.2. The quantitative estimate of drug-likeness (QED) is 0.675. The fourth-order valence-corrected chi connectivity index (χ4v) is 3.92. The summed E-state index contributed by atoms with van der Waals surface area (Å²) >= 11 is 0. The Morgan fingerprint density at radius 3 is 2.52 bits per heavy atom. The molecule has 1 aromatic heterocycles. The summed E-state index contributed by atoms with van der Waals surface area (Å²) in [5.74, 6) is 0.571. The molecule has 27 heavy (non-hydrogen) atoms. The molecule has 1 heterocycles. The van der Waals surface area contributed by atoms with Crippen molar-refractivity contribution in [3.8, 4) is 11.5 Å². The Morgan fingerprint density at radius 2 is 1.81 bits per heavy atom. The topological polar surface area (TPSA) is 97.5 Å². The van der Waals surface area contributed by atoms with Crippen molar-refractivity contribution in [1.82, 2.24) is 9.71 Å². The normalized spacial score (nSPS) is 11.5. The lowest BCUT2D eigenvalue weighted by Crippen LogP contribution is -2.27. The highest BCUT2D eigenvalue weighted by molar-refractivity contribution is 7.89. The van der Waals surface area contributed by atoms with E-state index < -0.39 is 10.0 Å². The second-order valence-corrected chi connectivity index (χ2v) is 7.79. The summed E-state index contributed by atoms with van der Waals surface area (Å²) in [5, 5.41) is 0.827. The third-order valence-corrected chi connectivity index (χ3v) is 5.61. The number of fused-ring (bicyclic) bond motifs is 1. The molecule has 0 unspecified atom stereocenters. The Morgan fingerprint density at radius 1 is 1.04 bits per heavy atom. The summed E-state index contributed by atoms with van der Waals surface area (Å²) in [6.45, 7) is 1.78. The van der Waals surface area contributed by atoms with Crippen molar-refractivity contribution in [2.45, 2.75) is 18.4 Å². The highest BCUT2D eigenvalue weighted by Gasteiger charge is 2.21. The van der Waals surface area contributed by atoms with Gasteiger partial charge < -0.3 is 14.5 Å². The summed E-state index contributed by atoms with van der Waals surface area (Å²) in [5.41, 5.74) is 1.71. The molecule has 0 aliphatic rings. The van der Waals surface area contributed by atoms with Crippen LogP contribution in [0, 0.1) is 6.92 Å². The molecule has 2 aromatic carbocycles. The molecule has 0 amide bonds. The fourth-order valence-electron chi connectivity index (χ4n) is 2.74. The molecule has 2 N–H and O–H groups in total. The maximum atomic E-state index is 12.7. The van der Waals surface area contributed by atoms with Crippen molar-refractivity contribution < 1.29 is 17.9 Å². The van der Waals surface area contributed by atoms with Gasteiger partial charge in [0.15, 0.2) is 0 Å². The van der Waals surface area contributed by atoms with Crippen LogP contribution in [0.2, 0.25) is 0 Å². The van der Waals surface area contributed by atoms with Gasteiger partial charge in [-0.15, -0.1) is 0 Å². The molecule has 0 spiro atoms. The monoisotopic (exact) mass is 388 g/mol. The van der Waals surface area contributed by atoms with Gasteiger partial charge in [-0.1, -0.05) is 12.1 Å². The zero-order valence-corrected chi connectivity index (χ0v) is 16.0. The maximum absolute atomic E-state index is 12.7. The van der Waals surface area contributed by atoms with Gasteiger partial charge in [-0.25, -0.2) is 13.1 Å². The van der Waals surface area contributed by atoms with Crippen molar-refractivity contribution in [2.24, 2.45) is 0 Å². The number of aromatic amines is 1. The van der Waals surface area contributed by atoms with E-state index in [1.165, 1.54) is 26.4 Å². The lowest BCUT2D eigenvalue weighted by molar-refractivity contribution is 0.392. The second kappa shape index (κ2) is 7.42. The number of sulfonamides is 1. The summed E-state index contributed by atoms with van der Waals surface area (Å²) in [6.07, 6.45) is 0. The Bertz CT molecular complexity index is 1150. The van der Waals surface area contributed by atoms with E-state index in [4.69, 9.17) is 9.47 Å². The molecule has 0 aliphatic carbocycles. The molecule has 0 atom stereocenters. The minimum Gasteiger partial charge on any atom is -0.497 e. The average molecular weight is 388 g/mol. The third-order valence-electron chi connectivity index (χ3n) is 4.19. The first-order chi connectivity index (χ1) is 12.8. The van der Waals surface area contributed by atoms with Gasteiger partial charge in [0.05, 0.1) is 14.2 Å². The third kappa shape index (κ3) is 3.96. The number of hydrogen-bond acceptors (Lipinski definition) is 5. The van der Waals surface area contributed by atoms with Crippen LogP contribution in [0.25, 0.3) is 10.9 Å². The highest BCUT2D eigenvalue weighted by Crippen LogP contribution is 2.28. The van der Waals surface area contributed by atoms with Crippen molar-refractivity contribution in [1.29, 1.82) is 0 Å². The van der Waals surface area contributed by atoms with Gasteiger partial charge in [0.25, 0.3) is 5.56 Å². The van der Waals surface area contributed by atoms with Crippen LogP contribution in [0.4, 0.5) is 0 Å². The first-order valence-electron chi connectivity index (χ1n) is 8.18. The van der Waals surface area contributed by atoms with E-state index in [2.05, 4.69) is 9.71 Å². The molecule has 3 rings (SSSR count). The number of pyridine rings is 1. The number of methoxy groups -OCH3 is 2. The molecular weight excluding hydrogens is 368 g/mol. The van der Waals surface area contributed by atoms with Crippen LogP contribution in [0.15, 0.2) is 52.2 Å². The van der Waals surface area contributed by atoms with Gasteiger partial charge in [0.2, 0.25) is 10.0 Å². The van der Waals surface area contributed by atoms with Crippen LogP contribution in [-0.4, -0.2) is 27.6 Å². The van der Waals surface area contributed by atoms with Gasteiger partial charge in [0.1, 0.15) is 16.4 Å². The SMILES string of the molecule is COc1ccc(OC)c(S(=O)(=O)NCc2cc3ccc(C)cc3[nH]c2=O)c1. The van der Waals surface area contributed by atoms with Gasteiger partial charge in [0, 0.05) is 23.7 Å². The van der Waals surface area contributed by atoms with E-state index in [0.717, 1.165) is 10.9 Å². The molecule has 0 saturated carbocycles. The molecule has 0 saturated heterocycles. The van der Waals surface area contributed by atoms with Crippen LogP contribution in [0.3, 0.4) is 0 Å². The maximum Gasteiger partial charge on any atom is 0.252 e. The van der Waals surface area contributed by atoms with Crippen molar-refractivity contribution >= 4 is 20.9 Å². The van der Waals surface area contributed by atoms with Crippen molar-refractivity contribution in [3.63, 3.8) is 0 Å². The number of nitrogens with one attached hydrogen (secondary N) is 2. The number of rotatable bonds is 6. The van der Waals surface area contributed by atoms with Crippen molar-refractivity contribution in [2.75, 3.05) is 14.2 Å². The first kappa shape index (κ1) is 18.9. The van der Waals surface area contributed by atoms with Gasteiger partial charge >= 0.3 is 0 Å². The average Bonchev–Trinajstić information content (AvgIpc) is 2.65. The fraction of sp³-hybridized carbons (Fsp3) is 0.211. The Hall–Kier alpha value is -2.84. The Balaban J connectivity index is 1.92. The summed E-state index contributed by atoms with van der Waals surface area (Å²) in [6, 6.07) is 11.8. The molecule has 0 fully saturated rings. The predicted molar refractivity (Wildman–Crippen MR) is 103 cm³/mol. The van der Waals surface area contributed by atoms with Gasteiger partial charge in [-0.05, 0) is 42.1 Å². The lowest BCUT2D eigenvalue weighted by atomic mass is 10.1. The van der Waals surface area contributed by atoms with Gasteiger partial charge in [-0.3, -0.25) is 4.79 Å². The van der Waals surface area contributed by atoms with Crippen molar-refractivity contribution in [3.05, 3.63) is 63.9 Å². The Labute approximate surface area is 157 Å². The summed E-state index contributed by atoms with van der Waals surface area (Å²) in [4.78, 5) is 15.0. The van der Waals surface area contributed by atoms with E-state index >= 15 is 0 Å². The van der Waals surface area contributed by atoms with Gasteiger partial charge in [-0.2, -0.15) is 0 Å². The molecule has 8 heteroatoms. The Kier molecular flexibility index (Phi) is 5.20. The molecule has 142 valence electrons. The lowest BCUT2D eigenvalue weighted by Gasteiger charge is -2.12. The van der Waals surface area contributed by atoms with Crippen LogP contribution < -0.4 is 19.8 Å². The van der Waals surface area contributed by atoms with E-state index in [1.54, 1.807) is 12.1 Å². The summed E-state index contributed by atoms with van der Waals surface area (Å²) in [7, 11) is -1.09. The number of ether oxygens (including phenoxy) is 2. The molecule has 0 aliphatic heterocycles. The van der Waals surface area contributed by atoms with Crippen LogP contribution in [0.1, 0.15) is 11.1 Å². The molecule has 0 bridgehead atoms. The van der Waals surface area contributed by atoms with E-state index in [9.17, 15) is 13.2 Å². The van der Waals surface area contributed by atoms with E-state index in [-0.39, 0.29) is 22.7 Å². The molecular formula is C19H20N2O5S. The molecule has 0 radical (unpaired) electrons. The zero-order chi connectivity index (χ0) is 19.6. The molecule has 7 nitrogen and oxygen atoms in total. The highest BCUT2D eigenvalue weighted by atomic mass is 32.2. The molecule has 3 aromatic rings. The number of H-pyrrole nitrogens is 1. The smallest absolute Gasteiger partial charge is 0.252 e. The number of aryl methyl sites for hydroxylation is 1. The van der Waals surface area contributed by atoms with E-state index in [0.29, 0.717) is 16.8 Å². The van der Waals surface area contributed by atoms with Crippen LogP contribution >= 0.6 is 0 Å². The first-order valence-corrected chi connectivity index (χ1v) is 9.66. The standard InChI is InChI=1S/C19H20N2O5S/c1-12-4-5-13-9-14(19(22)21-16(13)8-12)11-20-27(23,24)18-10-15(25-2)6-7-17(18)26-3/h4-10,20H,11H2,1-3H3,(H,21,22). The van der Waals surface area contributed by atoms with E-state index in [1.807, 2.05) is 25.1 Å². The predicted octanol–water partition coefficient (Wildman–Crippen LogP) is 2.33. The minimum atomic E-state index is -3.92. The number of hydrogen-bond donors (Lipinski definition) is 2. The largest absolute Gasteiger partial charge is 0.497 e. The van der Waals surface area contributed by atoms with Crippen LogP contribution in [0.5, 0.6) is 11.5 Å². The van der Waals surface area contributed by atoms with Crippen LogP contribution in [-0.2, 0) is 16.6 Å². The number of aromatic nitrogens is 1. The summed E-state index contributed by atoms with van der Waals surface area (Å²) < 4.78 is 38.1.